The second kappa shape index (κ2) is 6.24. The lowest BCUT2D eigenvalue weighted by atomic mass is 10.1. The molecule has 0 spiro atoms. The van der Waals surface area contributed by atoms with Crippen molar-refractivity contribution in [3.8, 4) is 0 Å². The van der Waals surface area contributed by atoms with Gasteiger partial charge in [0.15, 0.2) is 0 Å². The van der Waals surface area contributed by atoms with Gasteiger partial charge < -0.3 is 10.3 Å². The molecule has 1 aliphatic heterocycles. The third kappa shape index (κ3) is 2.71. The van der Waals surface area contributed by atoms with Gasteiger partial charge in [0.25, 0.3) is 11.5 Å². The molecule has 0 radical (unpaired) electrons. The molecule has 0 fully saturated rings. The summed E-state index contributed by atoms with van der Waals surface area (Å²) in [6, 6.07) is 10.3. The molecule has 0 aliphatic carbocycles. The molecule has 2 aromatic carbocycles. The predicted octanol–water partition coefficient (Wildman–Crippen LogP) is 0.882. The fourth-order valence-corrected chi connectivity index (χ4v) is 3.34. The third-order valence-electron chi connectivity index (χ3n) is 4.71. The molecule has 1 atom stereocenters. The van der Waals surface area contributed by atoms with E-state index in [4.69, 9.17) is 0 Å². The van der Waals surface area contributed by atoms with Crippen LogP contribution in [0.2, 0.25) is 0 Å². The highest BCUT2D eigenvalue weighted by Gasteiger charge is 2.35. The quantitative estimate of drug-likeness (QED) is 0.637. The maximum atomic E-state index is 12.8. The number of hydrogen-bond donors (Lipinski definition) is 3. The predicted molar refractivity (Wildman–Crippen MR) is 99.7 cm³/mol. The summed E-state index contributed by atoms with van der Waals surface area (Å²) in [5.74, 6) is -0.634. The molecule has 27 heavy (non-hydrogen) atoms. The molecular formula is C19H16N4O4. The summed E-state index contributed by atoms with van der Waals surface area (Å²) < 4.78 is 0. The number of anilines is 1. The van der Waals surface area contributed by atoms with Crippen LogP contribution in [0.5, 0.6) is 0 Å². The van der Waals surface area contributed by atoms with Gasteiger partial charge in [-0.3, -0.25) is 24.3 Å². The maximum Gasteiger partial charge on any atom is 0.325 e. The van der Waals surface area contributed by atoms with E-state index in [1.807, 2.05) is 30.3 Å². The Balaban J connectivity index is 1.58. The zero-order valence-corrected chi connectivity index (χ0v) is 14.4. The fraction of sp³-hybridized carbons (Fsp3) is 0.158. The van der Waals surface area contributed by atoms with E-state index in [1.165, 1.54) is 11.1 Å². The smallest absolute Gasteiger partial charge is 0.325 e. The molecule has 8 nitrogen and oxygen atoms in total. The van der Waals surface area contributed by atoms with E-state index in [1.54, 1.807) is 13.0 Å². The Kier molecular flexibility index (Phi) is 3.88. The molecule has 2 amide bonds. The zero-order chi connectivity index (χ0) is 19.1. The lowest BCUT2D eigenvalue weighted by Crippen LogP contribution is -2.47. The van der Waals surface area contributed by atoms with Gasteiger partial charge >= 0.3 is 5.69 Å². The van der Waals surface area contributed by atoms with Crippen LogP contribution in [0.1, 0.15) is 22.8 Å². The Hall–Kier alpha value is -3.68. The van der Waals surface area contributed by atoms with Crippen molar-refractivity contribution >= 4 is 28.3 Å². The van der Waals surface area contributed by atoms with Crippen molar-refractivity contribution in [1.29, 1.82) is 0 Å². The molecule has 8 heteroatoms. The number of amides is 2. The Bertz CT molecular complexity index is 1190. The van der Waals surface area contributed by atoms with Crippen molar-refractivity contribution in [2.24, 2.45) is 0 Å². The minimum atomic E-state index is -0.766. The average Bonchev–Trinajstić information content (AvgIpc) is 2.94. The Morgan fingerprint density at radius 1 is 1.15 bits per heavy atom. The number of carbonyl (C=O) groups excluding carboxylic acids is 2. The number of carbonyl (C=O) groups is 2. The number of nitrogens with one attached hydrogen (secondary N) is 3. The van der Waals surface area contributed by atoms with Crippen molar-refractivity contribution in [2.45, 2.75) is 19.5 Å². The number of nitrogens with zero attached hydrogens (tertiary/aromatic N) is 1. The summed E-state index contributed by atoms with van der Waals surface area (Å²) in [6.07, 6.45) is 1.25. The molecule has 1 unspecified atom stereocenters. The van der Waals surface area contributed by atoms with Crippen LogP contribution < -0.4 is 21.5 Å². The molecule has 2 heterocycles. The Morgan fingerprint density at radius 2 is 1.89 bits per heavy atom. The van der Waals surface area contributed by atoms with E-state index in [-0.39, 0.29) is 18.0 Å². The molecule has 0 bridgehead atoms. The fourth-order valence-electron chi connectivity index (χ4n) is 3.34. The molecule has 0 saturated heterocycles. The van der Waals surface area contributed by atoms with Gasteiger partial charge in [0.2, 0.25) is 5.91 Å². The van der Waals surface area contributed by atoms with Crippen LogP contribution in [0.4, 0.5) is 5.69 Å². The summed E-state index contributed by atoms with van der Waals surface area (Å²) in [5.41, 5.74) is 0.295. The lowest BCUT2D eigenvalue weighted by molar-refractivity contribution is -0.122. The molecule has 4 rings (SSSR count). The number of rotatable bonds is 4. The first-order valence-corrected chi connectivity index (χ1v) is 8.41. The standard InChI is InChI=1S/C19H16N4O4/c1-10(16(24)20-8-12-9-21-19(27)22-17(12)25)23-14-7-3-5-11-4-2-6-13(15(11)14)18(23)26/h2-7,9-10H,8H2,1H3,(H,20,24)(H2,21,22,25,27). The number of aromatic amines is 2. The summed E-state index contributed by atoms with van der Waals surface area (Å²) in [5, 5.41) is 4.41. The molecule has 3 N–H and O–H groups in total. The zero-order valence-electron chi connectivity index (χ0n) is 14.4. The van der Waals surface area contributed by atoms with Gasteiger partial charge in [-0.1, -0.05) is 24.3 Å². The van der Waals surface area contributed by atoms with Crippen LogP contribution in [-0.2, 0) is 11.3 Å². The van der Waals surface area contributed by atoms with E-state index in [0.29, 0.717) is 11.3 Å². The first-order valence-electron chi connectivity index (χ1n) is 8.41. The molecule has 136 valence electrons. The maximum absolute atomic E-state index is 12.8. The van der Waals surface area contributed by atoms with Crippen molar-refractivity contribution in [3.63, 3.8) is 0 Å². The molecule has 1 aromatic heterocycles. The average molecular weight is 364 g/mol. The second-order valence-electron chi connectivity index (χ2n) is 6.35. The summed E-state index contributed by atoms with van der Waals surface area (Å²) >= 11 is 0. The molecule has 1 aliphatic rings. The van der Waals surface area contributed by atoms with E-state index >= 15 is 0 Å². The summed E-state index contributed by atoms with van der Waals surface area (Å²) in [4.78, 5) is 54.1. The highest BCUT2D eigenvalue weighted by molar-refractivity contribution is 6.26. The number of H-pyrrole nitrogens is 2. The van der Waals surface area contributed by atoms with Crippen molar-refractivity contribution in [3.05, 3.63) is 74.6 Å². The van der Waals surface area contributed by atoms with E-state index in [2.05, 4.69) is 15.3 Å². The minimum absolute atomic E-state index is 0.0610. The van der Waals surface area contributed by atoms with E-state index in [9.17, 15) is 19.2 Å². The number of benzene rings is 2. The van der Waals surface area contributed by atoms with Gasteiger partial charge in [0.05, 0.1) is 11.3 Å². The van der Waals surface area contributed by atoms with Crippen molar-refractivity contribution in [2.75, 3.05) is 4.90 Å². The number of aromatic nitrogens is 2. The van der Waals surface area contributed by atoms with Gasteiger partial charge in [0, 0.05) is 23.7 Å². The monoisotopic (exact) mass is 364 g/mol. The van der Waals surface area contributed by atoms with Crippen molar-refractivity contribution in [1.82, 2.24) is 15.3 Å². The van der Waals surface area contributed by atoms with Gasteiger partial charge in [-0.15, -0.1) is 0 Å². The third-order valence-corrected chi connectivity index (χ3v) is 4.71. The second-order valence-corrected chi connectivity index (χ2v) is 6.35. The molecule has 3 aromatic rings. The first-order chi connectivity index (χ1) is 13.0. The van der Waals surface area contributed by atoms with Crippen LogP contribution in [0.25, 0.3) is 10.8 Å². The number of hydrogen-bond acceptors (Lipinski definition) is 4. The van der Waals surface area contributed by atoms with Crippen LogP contribution in [0.15, 0.2) is 52.2 Å². The molecule has 0 saturated carbocycles. The van der Waals surface area contributed by atoms with Gasteiger partial charge in [-0.2, -0.15) is 0 Å². The van der Waals surface area contributed by atoms with Crippen LogP contribution in [-0.4, -0.2) is 27.8 Å². The van der Waals surface area contributed by atoms with Gasteiger partial charge in [-0.25, -0.2) is 4.79 Å². The van der Waals surface area contributed by atoms with Gasteiger partial charge in [-0.05, 0) is 24.4 Å². The Morgan fingerprint density at radius 3 is 2.63 bits per heavy atom. The minimum Gasteiger partial charge on any atom is -0.350 e. The summed E-state index contributed by atoms with van der Waals surface area (Å²) in [7, 11) is 0. The van der Waals surface area contributed by atoms with E-state index in [0.717, 1.165) is 10.8 Å². The highest BCUT2D eigenvalue weighted by Crippen LogP contribution is 2.38. The van der Waals surface area contributed by atoms with Crippen LogP contribution >= 0.6 is 0 Å². The normalized spacial score (nSPS) is 13.8. The van der Waals surface area contributed by atoms with Crippen LogP contribution in [0.3, 0.4) is 0 Å². The SMILES string of the molecule is CC(C(=O)NCc1c[nH]c(=O)[nH]c1=O)N1C(=O)c2cccc3cccc1c23. The summed E-state index contributed by atoms with van der Waals surface area (Å²) in [6.45, 7) is 1.57. The Labute approximate surface area is 152 Å². The largest absolute Gasteiger partial charge is 0.350 e. The highest BCUT2D eigenvalue weighted by atomic mass is 16.2. The first kappa shape index (κ1) is 16.8. The topological polar surface area (TPSA) is 115 Å². The molecular weight excluding hydrogens is 348 g/mol. The van der Waals surface area contributed by atoms with Crippen molar-refractivity contribution < 1.29 is 9.59 Å². The van der Waals surface area contributed by atoms with Gasteiger partial charge in [0.1, 0.15) is 6.04 Å². The van der Waals surface area contributed by atoms with Crippen LogP contribution in [0, 0.1) is 0 Å². The lowest BCUT2D eigenvalue weighted by Gasteiger charge is -2.24. The van der Waals surface area contributed by atoms with E-state index < -0.39 is 23.2 Å².